The Morgan fingerprint density at radius 3 is 2.18 bits per heavy atom. The molecule has 0 unspecified atom stereocenters. The van der Waals surface area contributed by atoms with Gasteiger partial charge in [0.05, 0.1) is 29.8 Å². The van der Waals surface area contributed by atoms with E-state index in [1.807, 2.05) is 0 Å². The minimum Gasteiger partial charge on any atom is -0.465 e. The van der Waals surface area contributed by atoms with E-state index in [4.69, 9.17) is 0 Å². The van der Waals surface area contributed by atoms with E-state index in [1.54, 1.807) is 6.92 Å². The minimum atomic E-state index is -0.998. The molecule has 0 N–H and O–H groups in total. The number of nitro benzene ring substituents is 1. The lowest BCUT2D eigenvalue weighted by Gasteiger charge is -2.06. The molecule has 0 saturated carbocycles. The number of nitro groups is 1. The van der Waals surface area contributed by atoms with E-state index < -0.39 is 35.1 Å². The average molecular weight is 311 g/mol. The molecule has 1 aromatic carbocycles. The number of benzene rings is 1. The molecule has 0 saturated heterocycles. The zero-order valence-electron chi connectivity index (χ0n) is 11.9. The second-order valence-corrected chi connectivity index (χ2v) is 3.90. The van der Waals surface area contributed by atoms with Crippen LogP contribution in [0.15, 0.2) is 18.2 Å². The lowest BCUT2D eigenvalue weighted by Crippen LogP contribution is -2.17. The zero-order valence-corrected chi connectivity index (χ0v) is 11.9. The van der Waals surface area contributed by atoms with Crippen molar-refractivity contribution in [2.45, 2.75) is 6.92 Å². The fourth-order valence-electron chi connectivity index (χ4n) is 1.48. The summed E-state index contributed by atoms with van der Waals surface area (Å²) in [4.78, 5) is 44.4. The minimum absolute atomic E-state index is 0.125. The first kappa shape index (κ1) is 17.1. The monoisotopic (exact) mass is 311 g/mol. The van der Waals surface area contributed by atoms with Gasteiger partial charge in [0.15, 0.2) is 6.61 Å². The molecular weight excluding hydrogens is 298 g/mol. The van der Waals surface area contributed by atoms with Crippen molar-refractivity contribution in [2.24, 2.45) is 0 Å². The van der Waals surface area contributed by atoms with Crippen molar-refractivity contribution in [2.75, 3.05) is 20.3 Å². The number of methoxy groups -OCH3 is 1. The highest BCUT2D eigenvalue weighted by Crippen LogP contribution is 2.18. The number of hydrogen-bond donors (Lipinski definition) is 0. The topological polar surface area (TPSA) is 122 Å². The molecule has 0 amide bonds. The van der Waals surface area contributed by atoms with E-state index in [0.29, 0.717) is 0 Å². The van der Waals surface area contributed by atoms with Gasteiger partial charge in [-0.05, 0) is 13.0 Å². The second-order valence-electron chi connectivity index (χ2n) is 3.90. The Hall–Kier alpha value is -2.97. The lowest BCUT2D eigenvalue weighted by atomic mass is 10.1. The predicted octanol–water partition coefficient (Wildman–Crippen LogP) is 1.10. The van der Waals surface area contributed by atoms with Crippen LogP contribution in [-0.2, 0) is 19.0 Å². The average Bonchev–Trinajstić information content (AvgIpc) is 2.51. The summed E-state index contributed by atoms with van der Waals surface area (Å²) in [5.41, 5.74) is -0.912. The van der Waals surface area contributed by atoms with Gasteiger partial charge in [0.2, 0.25) is 0 Å². The molecule has 0 aliphatic carbocycles. The van der Waals surface area contributed by atoms with Crippen molar-refractivity contribution in [3.05, 3.63) is 39.4 Å². The van der Waals surface area contributed by atoms with Gasteiger partial charge in [-0.3, -0.25) is 10.1 Å². The van der Waals surface area contributed by atoms with Gasteiger partial charge in [0.25, 0.3) is 5.69 Å². The molecule has 1 aromatic rings. The van der Waals surface area contributed by atoms with E-state index >= 15 is 0 Å². The van der Waals surface area contributed by atoms with Crippen LogP contribution in [0.5, 0.6) is 0 Å². The smallest absolute Gasteiger partial charge is 0.344 e. The summed E-state index contributed by atoms with van der Waals surface area (Å²) in [6.45, 7) is 1.07. The first-order valence-corrected chi connectivity index (χ1v) is 6.09. The summed E-state index contributed by atoms with van der Waals surface area (Å²) in [6.07, 6.45) is 0. The maximum absolute atomic E-state index is 11.8. The summed E-state index contributed by atoms with van der Waals surface area (Å²) in [6, 6.07) is 2.97. The number of rotatable bonds is 6. The van der Waals surface area contributed by atoms with Gasteiger partial charge in [-0.15, -0.1) is 0 Å². The van der Waals surface area contributed by atoms with Crippen LogP contribution in [0.2, 0.25) is 0 Å². The van der Waals surface area contributed by atoms with Crippen LogP contribution in [0.4, 0.5) is 5.69 Å². The van der Waals surface area contributed by atoms with Gasteiger partial charge in [-0.25, -0.2) is 14.4 Å². The van der Waals surface area contributed by atoms with Gasteiger partial charge >= 0.3 is 17.9 Å². The highest BCUT2D eigenvalue weighted by atomic mass is 16.6. The van der Waals surface area contributed by atoms with Crippen molar-refractivity contribution in [1.29, 1.82) is 0 Å². The highest BCUT2D eigenvalue weighted by Gasteiger charge is 2.19. The Bertz CT molecular complexity index is 610. The first-order chi connectivity index (χ1) is 10.4. The number of non-ortho nitro benzene ring substituents is 1. The molecule has 0 aliphatic heterocycles. The van der Waals surface area contributed by atoms with Gasteiger partial charge in [-0.2, -0.15) is 0 Å². The molecule has 22 heavy (non-hydrogen) atoms. The van der Waals surface area contributed by atoms with Gasteiger partial charge < -0.3 is 14.2 Å². The van der Waals surface area contributed by atoms with E-state index in [1.165, 1.54) is 0 Å². The third kappa shape index (κ3) is 4.54. The normalized spacial score (nSPS) is 9.73. The Kier molecular flexibility index (Phi) is 5.99. The van der Waals surface area contributed by atoms with Crippen molar-refractivity contribution in [3.63, 3.8) is 0 Å². The largest absolute Gasteiger partial charge is 0.465 e. The maximum atomic E-state index is 11.8. The summed E-state index contributed by atoms with van der Waals surface area (Å²) >= 11 is 0. The third-order valence-electron chi connectivity index (χ3n) is 2.41. The van der Waals surface area contributed by atoms with Crippen LogP contribution in [0.3, 0.4) is 0 Å². The number of nitrogens with zero attached hydrogens (tertiary/aromatic N) is 1. The van der Waals surface area contributed by atoms with Crippen LogP contribution in [0.1, 0.15) is 27.6 Å². The van der Waals surface area contributed by atoms with Crippen LogP contribution < -0.4 is 0 Å². The quantitative estimate of drug-likeness (QED) is 0.331. The number of ether oxygens (including phenoxy) is 3. The summed E-state index contributed by atoms with van der Waals surface area (Å²) in [5, 5.41) is 10.8. The second kappa shape index (κ2) is 7.72. The molecule has 9 heteroatoms. The number of carbonyl (C=O) groups excluding carboxylic acids is 3. The molecule has 0 aromatic heterocycles. The predicted molar refractivity (Wildman–Crippen MR) is 71.4 cm³/mol. The number of esters is 3. The molecule has 0 radical (unpaired) electrons. The summed E-state index contributed by atoms with van der Waals surface area (Å²) < 4.78 is 13.7. The maximum Gasteiger partial charge on any atom is 0.344 e. The molecule has 0 heterocycles. The molecular formula is C13H13NO8. The molecule has 1 rings (SSSR count). The Balaban J connectivity index is 2.99. The third-order valence-corrected chi connectivity index (χ3v) is 2.41. The first-order valence-electron chi connectivity index (χ1n) is 6.09. The summed E-state index contributed by atoms with van der Waals surface area (Å²) in [5.74, 6) is -2.60. The number of carbonyl (C=O) groups is 3. The Morgan fingerprint density at radius 1 is 1.09 bits per heavy atom. The molecule has 9 nitrogen and oxygen atoms in total. The zero-order chi connectivity index (χ0) is 16.7. The van der Waals surface area contributed by atoms with E-state index in [9.17, 15) is 24.5 Å². The Morgan fingerprint density at radius 2 is 1.68 bits per heavy atom. The van der Waals surface area contributed by atoms with E-state index in [0.717, 1.165) is 25.3 Å². The lowest BCUT2D eigenvalue weighted by molar-refractivity contribution is -0.384. The SMILES string of the molecule is CCOC(=O)COC(=O)c1cc(C(=O)OC)cc([N+](=O)[O-])c1. The molecule has 0 aliphatic rings. The Labute approximate surface area is 124 Å². The van der Waals surface area contributed by atoms with Gasteiger partial charge in [0.1, 0.15) is 0 Å². The van der Waals surface area contributed by atoms with Crippen molar-refractivity contribution < 1.29 is 33.5 Å². The standard InChI is InChI=1S/C13H13NO8/c1-3-21-11(15)7-22-13(17)9-4-8(12(16)20-2)5-10(6-9)14(18)19/h4-6H,3,7H2,1-2H3. The van der Waals surface area contributed by atoms with E-state index in [2.05, 4.69) is 14.2 Å². The molecule has 0 fully saturated rings. The highest BCUT2D eigenvalue weighted by molar-refractivity contribution is 5.96. The van der Waals surface area contributed by atoms with Gasteiger partial charge in [-0.1, -0.05) is 0 Å². The van der Waals surface area contributed by atoms with Gasteiger partial charge in [0, 0.05) is 12.1 Å². The van der Waals surface area contributed by atoms with Crippen LogP contribution in [-0.4, -0.2) is 43.2 Å². The van der Waals surface area contributed by atoms with Crippen LogP contribution in [0.25, 0.3) is 0 Å². The summed E-state index contributed by atoms with van der Waals surface area (Å²) in [7, 11) is 1.10. The van der Waals surface area contributed by atoms with Crippen molar-refractivity contribution in [1.82, 2.24) is 0 Å². The molecule has 118 valence electrons. The fourth-order valence-corrected chi connectivity index (χ4v) is 1.48. The van der Waals surface area contributed by atoms with Crippen LogP contribution >= 0.6 is 0 Å². The number of hydrogen-bond acceptors (Lipinski definition) is 8. The van der Waals surface area contributed by atoms with Crippen molar-refractivity contribution >= 4 is 23.6 Å². The molecule has 0 bridgehead atoms. The fraction of sp³-hybridized carbons (Fsp3) is 0.308. The van der Waals surface area contributed by atoms with Crippen LogP contribution in [0, 0.1) is 10.1 Å². The van der Waals surface area contributed by atoms with Crippen molar-refractivity contribution in [3.8, 4) is 0 Å². The van der Waals surface area contributed by atoms with E-state index in [-0.39, 0.29) is 17.7 Å². The molecule has 0 atom stereocenters. The molecule has 0 spiro atoms.